The van der Waals surface area contributed by atoms with Crippen molar-refractivity contribution in [2.45, 2.75) is 53.5 Å². The van der Waals surface area contributed by atoms with Gasteiger partial charge in [0, 0.05) is 10.6 Å². The molecule has 1 amide bonds. The Kier molecular flexibility index (Phi) is 8.68. The van der Waals surface area contributed by atoms with Gasteiger partial charge in [0.15, 0.2) is 5.11 Å². The fourth-order valence-electron chi connectivity index (χ4n) is 3.67. The van der Waals surface area contributed by atoms with E-state index in [1.165, 1.54) is 11.3 Å². The molecule has 9 heteroatoms. The lowest BCUT2D eigenvalue weighted by molar-refractivity contribution is -0.113. The molecular formula is C25H31N3O4S2. The molecule has 7 nitrogen and oxygen atoms in total. The fraction of sp³-hybridized carbons (Fsp3) is 0.400. The van der Waals surface area contributed by atoms with Crippen LogP contribution in [0.4, 0.5) is 5.00 Å². The van der Waals surface area contributed by atoms with E-state index in [1.54, 1.807) is 6.92 Å². The number of carbonyl (C=O) groups is 2. The Labute approximate surface area is 209 Å². The van der Waals surface area contributed by atoms with Crippen LogP contribution in [0.1, 0.15) is 66.0 Å². The van der Waals surface area contributed by atoms with Crippen LogP contribution in [0.15, 0.2) is 35.5 Å². The number of ether oxygens (including phenoxy) is 2. The second-order valence-electron chi connectivity index (χ2n) is 8.00. The van der Waals surface area contributed by atoms with Gasteiger partial charge in [-0.2, -0.15) is 0 Å². The standard InChI is InChI=1S/C25H31N3O4S2/c1-6-8-13-32-18-11-9-17(10-12-18)21-20(15(4)26-25(33)27-21)22(29)28-23-19(24(30)31-7-2)14(3)16(5)34-23/h9-12,21H,6-8,13H2,1-5H3,(H,28,29)(H2,26,27,33). The quantitative estimate of drug-likeness (QED) is 0.249. The molecule has 0 aliphatic carbocycles. The SMILES string of the molecule is CCCCOc1ccc(C2NC(=S)NC(C)=C2C(=O)Nc2sc(C)c(C)c2C(=O)OCC)cc1. The molecule has 0 fully saturated rings. The van der Waals surface area contributed by atoms with Crippen molar-refractivity contribution in [1.29, 1.82) is 0 Å². The van der Waals surface area contributed by atoms with Gasteiger partial charge < -0.3 is 25.4 Å². The molecule has 2 aromatic rings. The summed E-state index contributed by atoms with van der Waals surface area (Å²) in [5.41, 5.74) is 3.22. The summed E-state index contributed by atoms with van der Waals surface area (Å²) in [7, 11) is 0. The number of aryl methyl sites for hydroxylation is 1. The monoisotopic (exact) mass is 501 g/mol. The van der Waals surface area contributed by atoms with E-state index in [0.29, 0.717) is 33.6 Å². The molecular weight excluding hydrogens is 470 g/mol. The van der Waals surface area contributed by atoms with E-state index in [9.17, 15) is 9.59 Å². The Bertz CT molecular complexity index is 1110. The van der Waals surface area contributed by atoms with Gasteiger partial charge in [-0.3, -0.25) is 4.79 Å². The Morgan fingerprint density at radius 3 is 2.50 bits per heavy atom. The number of amides is 1. The number of benzene rings is 1. The first-order valence-corrected chi connectivity index (χ1v) is 12.6. The lowest BCUT2D eigenvalue weighted by atomic mass is 9.95. The second-order valence-corrected chi connectivity index (χ2v) is 9.64. The van der Waals surface area contributed by atoms with Crippen molar-refractivity contribution in [3.05, 3.63) is 57.1 Å². The third kappa shape index (κ3) is 5.77. The second kappa shape index (κ2) is 11.5. The largest absolute Gasteiger partial charge is 0.494 e. The minimum Gasteiger partial charge on any atom is -0.494 e. The summed E-state index contributed by atoms with van der Waals surface area (Å²) in [5, 5.41) is 10.1. The lowest BCUT2D eigenvalue weighted by Gasteiger charge is -2.30. The summed E-state index contributed by atoms with van der Waals surface area (Å²) in [4.78, 5) is 27.0. The van der Waals surface area contributed by atoms with Crippen molar-refractivity contribution in [2.24, 2.45) is 0 Å². The molecule has 0 saturated carbocycles. The van der Waals surface area contributed by atoms with Crippen molar-refractivity contribution in [3.8, 4) is 5.75 Å². The fourth-order valence-corrected chi connectivity index (χ4v) is 4.98. The molecule has 182 valence electrons. The zero-order chi connectivity index (χ0) is 24.8. The van der Waals surface area contributed by atoms with Crippen LogP contribution in [0.5, 0.6) is 5.75 Å². The number of thiophene rings is 1. The summed E-state index contributed by atoms with van der Waals surface area (Å²) in [6, 6.07) is 7.20. The van der Waals surface area contributed by atoms with Crippen LogP contribution < -0.4 is 20.7 Å². The highest BCUT2D eigenvalue weighted by Crippen LogP contribution is 2.35. The van der Waals surface area contributed by atoms with E-state index in [-0.39, 0.29) is 12.5 Å². The average molecular weight is 502 g/mol. The number of thiocarbonyl (C=S) groups is 1. The summed E-state index contributed by atoms with van der Waals surface area (Å²) in [6.07, 6.45) is 2.06. The number of carbonyl (C=O) groups excluding carboxylic acids is 2. The maximum absolute atomic E-state index is 13.5. The molecule has 1 aromatic carbocycles. The molecule has 3 rings (SSSR count). The van der Waals surface area contributed by atoms with Crippen LogP contribution in [0.25, 0.3) is 0 Å². The number of unbranched alkanes of at least 4 members (excludes halogenated alkanes) is 1. The zero-order valence-corrected chi connectivity index (χ0v) is 21.8. The topological polar surface area (TPSA) is 88.7 Å². The maximum Gasteiger partial charge on any atom is 0.341 e. The molecule has 1 aliphatic rings. The third-order valence-corrected chi connectivity index (χ3v) is 6.93. The van der Waals surface area contributed by atoms with Crippen molar-refractivity contribution in [3.63, 3.8) is 0 Å². The Morgan fingerprint density at radius 2 is 1.85 bits per heavy atom. The van der Waals surface area contributed by atoms with Gasteiger partial charge in [-0.25, -0.2) is 4.79 Å². The van der Waals surface area contributed by atoms with Crippen LogP contribution in [0, 0.1) is 13.8 Å². The molecule has 0 bridgehead atoms. The average Bonchev–Trinajstić information content (AvgIpc) is 3.06. The van der Waals surface area contributed by atoms with Crippen molar-refractivity contribution >= 4 is 45.5 Å². The number of hydrogen-bond acceptors (Lipinski definition) is 6. The molecule has 0 saturated heterocycles. The van der Waals surface area contributed by atoms with Crippen LogP contribution >= 0.6 is 23.6 Å². The first-order chi connectivity index (χ1) is 16.3. The highest BCUT2D eigenvalue weighted by Gasteiger charge is 2.31. The molecule has 1 atom stereocenters. The predicted octanol–water partition coefficient (Wildman–Crippen LogP) is 5.15. The van der Waals surface area contributed by atoms with Crippen LogP contribution in [0.3, 0.4) is 0 Å². The Balaban J connectivity index is 1.89. The molecule has 0 radical (unpaired) electrons. The van der Waals surface area contributed by atoms with Crippen molar-refractivity contribution < 1.29 is 19.1 Å². The molecule has 1 aliphatic heterocycles. The Morgan fingerprint density at radius 1 is 1.15 bits per heavy atom. The normalized spacial score (nSPS) is 15.4. The van der Waals surface area contributed by atoms with E-state index in [2.05, 4.69) is 22.9 Å². The number of esters is 1. The van der Waals surface area contributed by atoms with Crippen LogP contribution in [0.2, 0.25) is 0 Å². The molecule has 1 unspecified atom stereocenters. The smallest absolute Gasteiger partial charge is 0.341 e. The number of allylic oxidation sites excluding steroid dienone is 1. The van der Waals surface area contributed by atoms with E-state index < -0.39 is 12.0 Å². The Hall–Kier alpha value is -2.91. The van der Waals surface area contributed by atoms with Crippen molar-refractivity contribution in [1.82, 2.24) is 10.6 Å². The zero-order valence-electron chi connectivity index (χ0n) is 20.2. The highest BCUT2D eigenvalue weighted by atomic mass is 32.1. The van der Waals surface area contributed by atoms with Gasteiger partial charge in [0.25, 0.3) is 5.91 Å². The molecule has 1 aromatic heterocycles. The van der Waals surface area contributed by atoms with Gasteiger partial charge >= 0.3 is 5.97 Å². The number of anilines is 1. The van der Waals surface area contributed by atoms with Crippen LogP contribution in [-0.4, -0.2) is 30.2 Å². The van der Waals surface area contributed by atoms with Gasteiger partial charge in [-0.15, -0.1) is 11.3 Å². The van der Waals surface area contributed by atoms with E-state index in [1.807, 2.05) is 45.0 Å². The predicted molar refractivity (Wildman–Crippen MR) is 140 cm³/mol. The van der Waals surface area contributed by atoms with Gasteiger partial charge in [0.2, 0.25) is 0 Å². The summed E-state index contributed by atoms with van der Waals surface area (Å²) >= 11 is 6.72. The summed E-state index contributed by atoms with van der Waals surface area (Å²) in [6.45, 7) is 10.4. The number of hydrogen-bond donors (Lipinski definition) is 3. The minimum atomic E-state index is -0.452. The number of rotatable bonds is 9. The van der Waals surface area contributed by atoms with E-state index >= 15 is 0 Å². The maximum atomic E-state index is 13.5. The summed E-state index contributed by atoms with van der Waals surface area (Å²) in [5.74, 6) is 0.0192. The summed E-state index contributed by atoms with van der Waals surface area (Å²) < 4.78 is 11.0. The van der Waals surface area contributed by atoms with Gasteiger partial charge in [-0.05, 0) is 69.6 Å². The molecule has 0 spiro atoms. The molecule has 34 heavy (non-hydrogen) atoms. The lowest BCUT2D eigenvalue weighted by Crippen LogP contribution is -2.45. The van der Waals surface area contributed by atoms with E-state index in [0.717, 1.165) is 34.6 Å². The minimum absolute atomic E-state index is 0.260. The van der Waals surface area contributed by atoms with E-state index in [4.69, 9.17) is 21.7 Å². The highest BCUT2D eigenvalue weighted by molar-refractivity contribution is 7.80. The van der Waals surface area contributed by atoms with Gasteiger partial charge in [0.05, 0.1) is 30.4 Å². The third-order valence-electron chi connectivity index (χ3n) is 5.59. The molecule has 2 heterocycles. The van der Waals surface area contributed by atoms with Crippen LogP contribution in [-0.2, 0) is 9.53 Å². The van der Waals surface area contributed by atoms with Gasteiger partial charge in [-0.1, -0.05) is 25.5 Å². The van der Waals surface area contributed by atoms with Gasteiger partial charge in [0.1, 0.15) is 10.8 Å². The van der Waals surface area contributed by atoms with Crippen molar-refractivity contribution in [2.75, 3.05) is 18.5 Å². The molecule has 3 N–H and O–H groups in total. The number of nitrogens with one attached hydrogen (secondary N) is 3. The first-order valence-electron chi connectivity index (χ1n) is 11.4. The first kappa shape index (κ1) is 25.7.